The number of fused-ring (bicyclic) bond motifs is 2. The molecule has 0 spiro atoms. The number of alkyl halides is 2. The van der Waals surface area contributed by atoms with Gasteiger partial charge in [0.1, 0.15) is 17.9 Å². The summed E-state index contributed by atoms with van der Waals surface area (Å²) in [5, 5.41) is 10.8. The number of aryl methyl sites for hydroxylation is 1. The van der Waals surface area contributed by atoms with Crippen LogP contribution >= 0.6 is 0 Å². The lowest BCUT2D eigenvalue weighted by molar-refractivity contribution is 0.0128. The molecule has 13 heteroatoms. The van der Waals surface area contributed by atoms with Crippen LogP contribution in [-0.2, 0) is 13.0 Å². The first-order valence-corrected chi connectivity index (χ1v) is 13.4. The topological polar surface area (TPSA) is 90.2 Å². The summed E-state index contributed by atoms with van der Waals surface area (Å²) in [6, 6.07) is 8.21. The highest BCUT2D eigenvalue weighted by Crippen LogP contribution is 2.33. The summed E-state index contributed by atoms with van der Waals surface area (Å²) in [6.07, 6.45) is 7.62. The van der Waals surface area contributed by atoms with E-state index in [-0.39, 0.29) is 18.9 Å². The van der Waals surface area contributed by atoms with Crippen LogP contribution in [0.25, 0.3) is 27.7 Å². The maximum atomic E-state index is 13.6. The zero-order valence-electron chi connectivity index (χ0n) is 22.2. The number of hydrogen-bond acceptors (Lipinski definition) is 6. The predicted molar refractivity (Wildman–Crippen MR) is 152 cm³/mol. The molecule has 2 fully saturated rings. The Kier molecular flexibility index (Phi) is 7.72. The predicted octanol–water partition coefficient (Wildman–Crippen LogP) is 3.18. The van der Waals surface area contributed by atoms with Crippen LogP contribution in [0.15, 0.2) is 30.5 Å². The van der Waals surface area contributed by atoms with Crippen molar-refractivity contribution in [2.24, 2.45) is 0 Å². The van der Waals surface area contributed by atoms with Crippen molar-refractivity contribution >= 4 is 46.0 Å². The third-order valence-corrected chi connectivity index (χ3v) is 7.46. The van der Waals surface area contributed by atoms with Crippen LogP contribution in [0.4, 0.5) is 14.7 Å². The van der Waals surface area contributed by atoms with Crippen molar-refractivity contribution in [3.05, 3.63) is 36.2 Å². The summed E-state index contributed by atoms with van der Waals surface area (Å²) >= 11 is 0. The van der Waals surface area contributed by atoms with E-state index in [0.717, 1.165) is 42.1 Å². The molecule has 8 nitrogen and oxygen atoms in total. The molecule has 6 radical (unpaired) electrons. The van der Waals surface area contributed by atoms with Crippen LogP contribution in [-0.4, -0.2) is 89.5 Å². The molecule has 0 amide bonds. The number of nitrogen functional groups attached to an aromatic ring is 1. The zero-order chi connectivity index (χ0) is 27.8. The largest absolute Gasteiger partial charge is 0.367 e. The number of rotatable bonds is 6. The second-order valence-corrected chi connectivity index (χ2v) is 11.0. The summed E-state index contributed by atoms with van der Waals surface area (Å²) in [6.45, 7) is 3.16. The monoisotopic (exact) mass is 526 g/mol. The fourth-order valence-electron chi connectivity index (χ4n) is 5.44. The summed E-state index contributed by atoms with van der Waals surface area (Å²) in [4.78, 5) is 6.62. The van der Waals surface area contributed by atoms with Gasteiger partial charge in [-0.25, -0.2) is 23.0 Å². The Balaban J connectivity index is 0.000000214. The normalized spacial score (nSPS) is 20.6. The third kappa shape index (κ3) is 6.29. The maximum absolute atomic E-state index is 13.6. The van der Waals surface area contributed by atoms with E-state index < -0.39 is 17.5 Å². The zero-order valence-corrected chi connectivity index (χ0v) is 22.2. The lowest BCUT2D eigenvalue weighted by atomic mass is 9.41. The second kappa shape index (κ2) is 10.9. The highest BCUT2D eigenvalue weighted by Gasteiger charge is 2.35. The van der Waals surface area contributed by atoms with Crippen molar-refractivity contribution < 1.29 is 8.78 Å². The second-order valence-electron chi connectivity index (χ2n) is 11.0. The molecule has 39 heavy (non-hydrogen) atoms. The van der Waals surface area contributed by atoms with Crippen molar-refractivity contribution in [1.82, 2.24) is 34.5 Å². The summed E-state index contributed by atoms with van der Waals surface area (Å²) in [5.74, 6) is 0.0876. The van der Waals surface area contributed by atoms with Crippen molar-refractivity contribution in [2.75, 3.05) is 25.5 Å². The van der Waals surface area contributed by atoms with Crippen LogP contribution in [0, 0.1) is 0 Å². The highest BCUT2D eigenvalue weighted by molar-refractivity contribution is 6.59. The fraction of sp³-hybridized carbons (Fsp3) is 0.538. The minimum Gasteiger partial charge on any atom is -0.367 e. The molecule has 4 heterocycles. The maximum Gasteiger partial charge on any atom is 0.238 e. The molecule has 1 atom stereocenters. The molecule has 1 aliphatic heterocycles. The van der Waals surface area contributed by atoms with Crippen LogP contribution in [0.1, 0.15) is 44.7 Å². The Morgan fingerprint density at radius 2 is 1.97 bits per heavy atom. The first-order valence-electron chi connectivity index (χ1n) is 13.4. The fourth-order valence-corrected chi connectivity index (χ4v) is 5.44. The molecule has 1 saturated heterocycles. The van der Waals surface area contributed by atoms with E-state index in [1.54, 1.807) is 17.6 Å². The van der Waals surface area contributed by atoms with Gasteiger partial charge in [-0.05, 0) is 69.3 Å². The molecule has 2 N–H and O–H groups in total. The van der Waals surface area contributed by atoms with Gasteiger partial charge in [0.15, 0.2) is 0 Å². The smallest absolute Gasteiger partial charge is 0.238 e. The van der Waals surface area contributed by atoms with E-state index in [4.69, 9.17) is 29.3 Å². The Labute approximate surface area is 230 Å². The quantitative estimate of drug-likeness (QED) is 0.389. The van der Waals surface area contributed by atoms with Gasteiger partial charge in [0, 0.05) is 24.3 Å². The van der Waals surface area contributed by atoms with E-state index in [1.807, 2.05) is 24.3 Å². The molecule has 1 aliphatic carbocycles. The van der Waals surface area contributed by atoms with Crippen LogP contribution in [0.5, 0.6) is 0 Å². The van der Waals surface area contributed by atoms with Crippen LogP contribution in [0.3, 0.4) is 0 Å². The number of nitrogens with two attached hydrogens (primary N) is 1. The van der Waals surface area contributed by atoms with Gasteiger partial charge in [0.05, 0.1) is 46.8 Å². The Bertz CT molecular complexity index is 1440. The molecular formula is C26H31B3F2N8. The van der Waals surface area contributed by atoms with Crippen LogP contribution in [0.2, 0.25) is 5.11 Å². The van der Waals surface area contributed by atoms with Gasteiger partial charge in [0.2, 0.25) is 5.95 Å². The minimum absolute atomic E-state index is 0.0876. The number of hydrogen-bond donors (Lipinski definition) is 1. The number of anilines is 1. The number of piperidine rings is 1. The summed E-state index contributed by atoms with van der Waals surface area (Å²) in [5.41, 5.74) is 9.21. The molecule has 198 valence electrons. The standard InChI is InChI=1S/C16H13B3FN7.C10H18FN/c17-16(18,19)8-12-14-10(3-5-27(14)24-15(21)22-12)9-1-2-11-13(7-9)26(6-4-20)25-23-11;1-10(11)6-3-7-12(8-10)9-4-2-5-9/h1-3,5,7H,4,6,8H2,(H2,21,24);9H,2-8H2,1H3. The summed E-state index contributed by atoms with van der Waals surface area (Å²) < 4.78 is 29.5. The van der Waals surface area contributed by atoms with E-state index in [2.05, 4.69) is 25.3 Å². The lowest BCUT2D eigenvalue weighted by Crippen LogP contribution is -2.50. The average Bonchev–Trinajstić information content (AvgIpc) is 3.41. The average molecular weight is 526 g/mol. The Morgan fingerprint density at radius 3 is 2.64 bits per heavy atom. The first kappa shape index (κ1) is 27.6. The molecule has 2 aliphatic rings. The van der Waals surface area contributed by atoms with Gasteiger partial charge in [-0.15, -0.1) is 15.3 Å². The molecular weight excluding hydrogens is 495 g/mol. The molecule has 4 aromatic rings. The van der Waals surface area contributed by atoms with E-state index in [1.165, 1.54) is 23.9 Å². The number of aromatic nitrogens is 6. The van der Waals surface area contributed by atoms with E-state index in [0.29, 0.717) is 23.3 Å². The van der Waals surface area contributed by atoms with Crippen molar-refractivity contribution in [3.63, 3.8) is 0 Å². The van der Waals surface area contributed by atoms with Gasteiger partial charge < -0.3 is 5.73 Å². The van der Waals surface area contributed by atoms with Gasteiger partial charge in [-0.2, -0.15) is 0 Å². The number of likely N-dealkylation sites (tertiary alicyclic amines) is 1. The molecule has 0 bridgehead atoms. The van der Waals surface area contributed by atoms with Crippen molar-refractivity contribution in [3.8, 4) is 11.1 Å². The van der Waals surface area contributed by atoms with Gasteiger partial charge >= 0.3 is 0 Å². The molecule has 6 rings (SSSR count). The highest BCUT2D eigenvalue weighted by atomic mass is 19.1. The number of nitrogens with zero attached hydrogens (tertiary/aromatic N) is 7. The molecule has 1 saturated carbocycles. The SMILES string of the molecule is CC1(F)CCCN(C2CCC2)C1.[B]C([B])([B])Cc1nc(N)nn2ccc(-c3ccc4nnn(CCF)c4c3)c12. The molecule has 1 unspecified atom stereocenters. The Morgan fingerprint density at radius 1 is 1.18 bits per heavy atom. The van der Waals surface area contributed by atoms with Crippen molar-refractivity contribution in [2.45, 2.75) is 68.8 Å². The van der Waals surface area contributed by atoms with E-state index >= 15 is 0 Å². The minimum atomic E-state index is -1.45. The van der Waals surface area contributed by atoms with Gasteiger partial charge in [-0.1, -0.05) is 17.7 Å². The number of halogens is 2. The molecule has 3 aromatic heterocycles. The van der Waals surface area contributed by atoms with E-state index in [9.17, 15) is 8.78 Å². The lowest BCUT2D eigenvalue weighted by Gasteiger charge is -2.43. The van der Waals surface area contributed by atoms with Crippen molar-refractivity contribution in [1.29, 1.82) is 0 Å². The van der Waals surface area contributed by atoms with Gasteiger partial charge in [-0.3, -0.25) is 4.90 Å². The number of benzene rings is 1. The summed E-state index contributed by atoms with van der Waals surface area (Å²) in [7, 11) is 17.3. The molecule has 1 aromatic carbocycles. The third-order valence-electron chi connectivity index (χ3n) is 7.46. The van der Waals surface area contributed by atoms with Gasteiger partial charge in [0.25, 0.3) is 0 Å². The van der Waals surface area contributed by atoms with Crippen LogP contribution < -0.4 is 5.73 Å². The first-order chi connectivity index (χ1) is 18.5. The Hall–Kier alpha value is -2.95.